The summed E-state index contributed by atoms with van der Waals surface area (Å²) in [6.45, 7) is 3.11. The largest absolute Gasteiger partial charge is 0.369 e. The summed E-state index contributed by atoms with van der Waals surface area (Å²) >= 11 is 9.56. The molecule has 2 atom stereocenters. The Morgan fingerprint density at radius 2 is 2.32 bits per heavy atom. The predicted octanol–water partition coefficient (Wildman–Crippen LogP) is 3.80. The molecule has 1 fully saturated rings. The Hall–Kier alpha value is -0.740. The molecular formula is C14H17BrClN3. The lowest BCUT2D eigenvalue weighted by Gasteiger charge is -2.39. The van der Waals surface area contributed by atoms with Gasteiger partial charge in [0.25, 0.3) is 0 Å². The molecule has 1 aliphatic carbocycles. The molecule has 0 saturated heterocycles. The molecule has 1 heterocycles. The molecule has 0 radical (unpaired) electrons. The quantitative estimate of drug-likeness (QED) is 0.843. The third-order valence-corrected chi connectivity index (χ3v) is 5.73. The first-order valence-electron chi connectivity index (χ1n) is 6.60. The fourth-order valence-electron chi connectivity index (χ4n) is 3.40. The van der Waals surface area contributed by atoms with E-state index in [1.807, 2.05) is 18.2 Å². The standard InChI is InChI=1S/C14H17BrClN3/c1-9-3-2-6-14(9)8-18-13(17)19(14)10-4-5-12(16)11(15)7-10/h4-5,7,9H,2-3,6,8H2,1H3,(H2,17,18). The Balaban J connectivity index is 2.05. The molecule has 3 rings (SSSR count). The second-order valence-electron chi connectivity index (χ2n) is 5.51. The average Bonchev–Trinajstić information content (AvgIpc) is 2.90. The monoisotopic (exact) mass is 341 g/mol. The van der Waals surface area contributed by atoms with Crippen molar-refractivity contribution in [3.63, 3.8) is 0 Å². The van der Waals surface area contributed by atoms with Crippen molar-refractivity contribution in [1.29, 1.82) is 0 Å². The van der Waals surface area contributed by atoms with Crippen molar-refractivity contribution in [3.05, 3.63) is 27.7 Å². The predicted molar refractivity (Wildman–Crippen MR) is 83.9 cm³/mol. The minimum absolute atomic E-state index is 0.0668. The molecule has 2 N–H and O–H groups in total. The zero-order valence-corrected chi connectivity index (χ0v) is 13.2. The summed E-state index contributed by atoms with van der Waals surface area (Å²) in [5.41, 5.74) is 7.28. The van der Waals surface area contributed by atoms with Crippen molar-refractivity contribution in [3.8, 4) is 0 Å². The lowest BCUT2D eigenvalue weighted by atomic mass is 9.87. The van der Waals surface area contributed by atoms with E-state index in [2.05, 4.69) is 32.7 Å². The molecule has 1 spiro atoms. The van der Waals surface area contributed by atoms with Gasteiger partial charge in [0.1, 0.15) is 0 Å². The van der Waals surface area contributed by atoms with Crippen molar-refractivity contribution in [2.45, 2.75) is 31.7 Å². The number of nitrogens with zero attached hydrogens (tertiary/aromatic N) is 2. The summed E-state index contributed by atoms with van der Waals surface area (Å²) in [7, 11) is 0. The van der Waals surface area contributed by atoms with Gasteiger partial charge in [-0.25, -0.2) is 0 Å². The van der Waals surface area contributed by atoms with E-state index in [4.69, 9.17) is 17.3 Å². The van der Waals surface area contributed by atoms with Crippen LogP contribution in [0.25, 0.3) is 0 Å². The van der Waals surface area contributed by atoms with Crippen LogP contribution in [0, 0.1) is 5.92 Å². The van der Waals surface area contributed by atoms with Crippen molar-refractivity contribution in [2.75, 3.05) is 11.4 Å². The molecule has 0 aromatic heterocycles. The second kappa shape index (κ2) is 4.67. The summed E-state index contributed by atoms with van der Waals surface area (Å²) in [5.74, 6) is 1.23. The number of benzene rings is 1. The summed E-state index contributed by atoms with van der Waals surface area (Å²) in [5, 5.41) is 0.715. The van der Waals surface area contributed by atoms with Crippen LogP contribution < -0.4 is 10.6 Å². The van der Waals surface area contributed by atoms with E-state index in [-0.39, 0.29) is 5.54 Å². The summed E-state index contributed by atoms with van der Waals surface area (Å²) in [6.07, 6.45) is 3.64. The fourth-order valence-corrected chi connectivity index (χ4v) is 3.88. The fraction of sp³-hybridized carbons (Fsp3) is 0.500. The highest BCUT2D eigenvalue weighted by Crippen LogP contribution is 2.45. The number of aliphatic imine (C=N–C) groups is 1. The van der Waals surface area contributed by atoms with Gasteiger partial charge in [-0.15, -0.1) is 0 Å². The summed E-state index contributed by atoms with van der Waals surface area (Å²) in [6, 6.07) is 5.95. The van der Waals surface area contributed by atoms with E-state index in [0.29, 0.717) is 16.9 Å². The van der Waals surface area contributed by atoms with Crippen LogP contribution in [0.4, 0.5) is 5.69 Å². The van der Waals surface area contributed by atoms with Gasteiger partial charge in [-0.3, -0.25) is 4.99 Å². The molecule has 1 aliphatic heterocycles. The maximum absolute atomic E-state index is 6.14. The minimum atomic E-state index is 0.0668. The Bertz CT molecular complexity index is 545. The Morgan fingerprint density at radius 3 is 2.95 bits per heavy atom. The highest BCUT2D eigenvalue weighted by atomic mass is 79.9. The third-order valence-electron chi connectivity index (χ3n) is 4.51. The van der Waals surface area contributed by atoms with E-state index >= 15 is 0 Å². The molecule has 3 nitrogen and oxygen atoms in total. The van der Waals surface area contributed by atoms with Crippen LogP contribution in [0.3, 0.4) is 0 Å². The smallest absolute Gasteiger partial charge is 0.196 e. The lowest BCUT2D eigenvalue weighted by Crippen LogP contribution is -2.53. The Labute approximate surface area is 127 Å². The zero-order chi connectivity index (χ0) is 13.6. The van der Waals surface area contributed by atoms with Gasteiger partial charge in [-0.05, 0) is 52.9 Å². The van der Waals surface area contributed by atoms with Crippen LogP contribution >= 0.6 is 27.5 Å². The average molecular weight is 343 g/mol. The Kier molecular flexibility index (Phi) is 3.26. The van der Waals surface area contributed by atoms with Gasteiger partial charge in [0.05, 0.1) is 17.1 Å². The molecule has 1 aromatic carbocycles. The third kappa shape index (κ3) is 1.96. The van der Waals surface area contributed by atoms with Crippen LogP contribution in [0.1, 0.15) is 26.2 Å². The number of hydrogen-bond acceptors (Lipinski definition) is 3. The maximum atomic E-state index is 6.14. The highest BCUT2D eigenvalue weighted by molar-refractivity contribution is 9.10. The SMILES string of the molecule is CC1CCCC12CN=C(N)N2c1ccc(Cl)c(Br)c1. The number of guanidine groups is 1. The minimum Gasteiger partial charge on any atom is -0.369 e. The van der Waals surface area contributed by atoms with Crippen LogP contribution in [0.15, 0.2) is 27.7 Å². The molecule has 1 aromatic rings. The number of rotatable bonds is 1. The number of hydrogen-bond donors (Lipinski definition) is 1. The van der Waals surface area contributed by atoms with Gasteiger partial charge >= 0.3 is 0 Å². The van der Waals surface area contributed by atoms with Crippen LogP contribution in [-0.2, 0) is 0 Å². The normalized spacial score (nSPS) is 30.2. The molecule has 5 heteroatoms. The van der Waals surface area contributed by atoms with Crippen molar-refractivity contribution in [2.24, 2.45) is 16.6 Å². The van der Waals surface area contributed by atoms with Crippen molar-refractivity contribution in [1.82, 2.24) is 0 Å². The van der Waals surface area contributed by atoms with Crippen molar-refractivity contribution >= 4 is 39.2 Å². The van der Waals surface area contributed by atoms with E-state index in [9.17, 15) is 0 Å². The van der Waals surface area contributed by atoms with Gasteiger partial charge in [0.15, 0.2) is 5.96 Å². The molecule has 2 unspecified atom stereocenters. The van der Waals surface area contributed by atoms with E-state index in [1.54, 1.807) is 0 Å². The molecule has 1 saturated carbocycles. The van der Waals surface area contributed by atoms with Crippen LogP contribution in [-0.4, -0.2) is 18.0 Å². The second-order valence-corrected chi connectivity index (χ2v) is 6.77. The molecule has 102 valence electrons. The topological polar surface area (TPSA) is 41.6 Å². The lowest BCUT2D eigenvalue weighted by molar-refractivity contribution is 0.365. The first-order valence-corrected chi connectivity index (χ1v) is 7.77. The first-order chi connectivity index (χ1) is 9.04. The van der Waals surface area contributed by atoms with Gasteiger partial charge in [0, 0.05) is 10.2 Å². The summed E-state index contributed by atoms with van der Waals surface area (Å²) in [4.78, 5) is 6.72. The molecule has 0 amide bonds. The summed E-state index contributed by atoms with van der Waals surface area (Å²) < 4.78 is 0.896. The number of nitrogens with two attached hydrogens (primary N) is 1. The van der Waals surface area contributed by atoms with E-state index < -0.39 is 0 Å². The van der Waals surface area contributed by atoms with Crippen LogP contribution in [0.2, 0.25) is 5.02 Å². The number of anilines is 1. The number of halogens is 2. The molecule has 19 heavy (non-hydrogen) atoms. The van der Waals surface area contributed by atoms with Crippen LogP contribution in [0.5, 0.6) is 0 Å². The molecule has 2 aliphatic rings. The van der Waals surface area contributed by atoms with Crippen molar-refractivity contribution < 1.29 is 0 Å². The zero-order valence-electron chi connectivity index (χ0n) is 10.9. The van der Waals surface area contributed by atoms with Gasteiger partial charge in [-0.2, -0.15) is 0 Å². The van der Waals surface area contributed by atoms with Gasteiger partial charge in [-0.1, -0.05) is 24.9 Å². The first kappa shape index (κ1) is 13.3. The highest BCUT2D eigenvalue weighted by Gasteiger charge is 2.49. The molecule has 0 bridgehead atoms. The van der Waals surface area contributed by atoms with E-state index in [1.165, 1.54) is 12.8 Å². The maximum Gasteiger partial charge on any atom is 0.196 e. The van der Waals surface area contributed by atoms with Gasteiger partial charge < -0.3 is 10.6 Å². The van der Waals surface area contributed by atoms with Gasteiger partial charge in [0.2, 0.25) is 0 Å². The Morgan fingerprint density at radius 1 is 1.53 bits per heavy atom. The molecular weight excluding hydrogens is 326 g/mol. The van der Waals surface area contributed by atoms with E-state index in [0.717, 1.165) is 23.1 Å².